The van der Waals surface area contributed by atoms with Gasteiger partial charge in [0.1, 0.15) is 0 Å². The van der Waals surface area contributed by atoms with Gasteiger partial charge in [0.15, 0.2) is 17.7 Å². The quantitative estimate of drug-likeness (QED) is 0.741. The summed E-state index contributed by atoms with van der Waals surface area (Å²) in [6, 6.07) is 6.20. The highest BCUT2D eigenvalue weighted by atomic mass is 19.1. The van der Waals surface area contributed by atoms with Crippen molar-refractivity contribution in [2.24, 2.45) is 0 Å². The summed E-state index contributed by atoms with van der Waals surface area (Å²) in [5.41, 5.74) is 0.480. The molecule has 0 saturated carbocycles. The van der Waals surface area contributed by atoms with E-state index < -0.39 is 11.9 Å². The summed E-state index contributed by atoms with van der Waals surface area (Å²) in [6.45, 7) is 0. The number of ether oxygens (including phenoxy) is 2. The molecule has 1 rings (SSSR count). The number of rotatable bonds is 3. The molecule has 74 valence electrons. The highest BCUT2D eigenvalue weighted by molar-refractivity contribution is 5.32. The predicted molar refractivity (Wildman–Crippen MR) is 48.3 cm³/mol. The van der Waals surface area contributed by atoms with E-state index in [1.807, 2.05) is 6.07 Å². The third-order valence-corrected chi connectivity index (χ3v) is 1.83. The average Bonchev–Trinajstić information content (AvgIpc) is 2.20. The molecule has 0 aliphatic carbocycles. The van der Waals surface area contributed by atoms with Crippen LogP contribution in [0.4, 0.5) is 4.39 Å². The second kappa shape index (κ2) is 4.58. The highest BCUT2D eigenvalue weighted by Crippen LogP contribution is 2.22. The van der Waals surface area contributed by atoms with Crippen LogP contribution < -0.4 is 4.74 Å². The van der Waals surface area contributed by atoms with Crippen molar-refractivity contribution in [1.82, 2.24) is 0 Å². The minimum absolute atomic E-state index is 0.154. The van der Waals surface area contributed by atoms with Gasteiger partial charge in [-0.05, 0) is 17.7 Å². The Labute approximate surface area is 81.7 Å². The predicted octanol–water partition coefficient (Wildman–Crippen LogP) is 2.05. The van der Waals surface area contributed by atoms with Gasteiger partial charge < -0.3 is 9.47 Å². The largest absolute Gasteiger partial charge is 0.494 e. The molecular weight excluding hydrogens is 185 g/mol. The monoisotopic (exact) mass is 195 g/mol. The molecule has 0 heterocycles. The van der Waals surface area contributed by atoms with E-state index in [1.54, 1.807) is 6.07 Å². The van der Waals surface area contributed by atoms with Crippen LogP contribution in [-0.4, -0.2) is 14.2 Å². The zero-order valence-electron chi connectivity index (χ0n) is 7.95. The molecule has 0 spiro atoms. The number of hydrogen-bond acceptors (Lipinski definition) is 3. The molecular formula is C10H10FNO2. The van der Waals surface area contributed by atoms with Crippen LogP contribution in [0.5, 0.6) is 5.75 Å². The maximum absolute atomic E-state index is 13.2. The molecule has 0 aliphatic rings. The molecule has 14 heavy (non-hydrogen) atoms. The standard InChI is InChI=1S/C10H10FNO2/c1-13-9-4-3-7(5-8(9)11)10(6-12)14-2/h3-5,10H,1-2H3. The summed E-state index contributed by atoms with van der Waals surface area (Å²) >= 11 is 0. The van der Waals surface area contributed by atoms with Gasteiger partial charge in [0.2, 0.25) is 0 Å². The van der Waals surface area contributed by atoms with Crippen molar-refractivity contribution in [3.63, 3.8) is 0 Å². The van der Waals surface area contributed by atoms with Crippen molar-refractivity contribution >= 4 is 0 Å². The van der Waals surface area contributed by atoms with Crippen molar-refractivity contribution in [3.05, 3.63) is 29.6 Å². The van der Waals surface area contributed by atoms with Crippen molar-refractivity contribution in [1.29, 1.82) is 5.26 Å². The molecule has 0 radical (unpaired) electrons. The normalized spacial score (nSPS) is 11.9. The van der Waals surface area contributed by atoms with Crippen molar-refractivity contribution < 1.29 is 13.9 Å². The number of halogens is 1. The summed E-state index contributed by atoms with van der Waals surface area (Å²) in [5.74, 6) is -0.344. The summed E-state index contributed by atoms with van der Waals surface area (Å²) in [6.07, 6.45) is -0.740. The maximum Gasteiger partial charge on any atom is 0.168 e. The lowest BCUT2D eigenvalue weighted by Crippen LogP contribution is -1.99. The molecule has 0 aromatic heterocycles. The summed E-state index contributed by atoms with van der Waals surface area (Å²) in [5, 5.41) is 8.67. The maximum atomic E-state index is 13.2. The Morgan fingerprint density at radius 2 is 2.14 bits per heavy atom. The van der Waals surface area contributed by atoms with Gasteiger partial charge in [-0.2, -0.15) is 5.26 Å². The molecule has 1 aromatic rings. The molecule has 0 bridgehead atoms. The second-order valence-corrected chi connectivity index (χ2v) is 2.64. The summed E-state index contributed by atoms with van der Waals surface area (Å²) in [4.78, 5) is 0. The minimum Gasteiger partial charge on any atom is -0.494 e. The van der Waals surface area contributed by atoms with Gasteiger partial charge in [0, 0.05) is 7.11 Å². The number of nitriles is 1. The number of methoxy groups -OCH3 is 2. The highest BCUT2D eigenvalue weighted by Gasteiger charge is 2.11. The second-order valence-electron chi connectivity index (χ2n) is 2.64. The molecule has 0 N–H and O–H groups in total. The third-order valence-electron chi connectivity index (χ3n) is 1.83. The van der Waals surface area contributed by atoms with Gasteiger partial charge in [-0.15, -0.1) is 0 Å². The van der Waals surface area contributed by atoms with Crippen LogP contribution >= 0.6 is 0 Å². The first kappa shape index (κ1) is 10.5. The first-order valence-corrected chi connectivity index (χ1v) is 3.98. The zero-order valence-corrected chi connectivity index (χ0v) is 7.95. The first-order valence-electron chi connectivity index (χ1n) is 3.98. The fourth-order valence-electron chi connectivity index (χ4n) is 1.11. The van der Waals surface area contributed by atoms with Gasteiger partial charge in [-0.25, -0.2) is 4.39 Å². The van der Waals surface area contributed by atoms with Crippen LogP contribution in [0, 0.1) is 17.1 Å². The molecule has 4 heteroatoms. The number of hydrogen-bond donors (Lipinski definition) is 0. The van der Waals surface area contributed by atoms with E-state index in [1.165, 1.54) is 26.4 Å². The zero-order chi connectivity index (χ0) is 10.6. The molecule has 1 atom stereocenters. The van der Waals surface area contributed by atoms with Crippen LogP contribution in [0.2, 0.25) is 0 Å². The summed E-state index contributed by atoms with van der Waals surface area (Å²) < 4.78 is 22.8. The third kappa shape index (κ3) is 2.01. The Bertz CT molecular complexity index is 360. The molecule has 3 nitrogen and oxygen atoms in total. The Morgan fingerprint density at radius 3 is 2.57 bits per heavy atom. The topological polar surface area (TPSA) is 42.2 Å². The van der Waals surface area contributed by atoms with E-state index in [-0.39, 0.29) is 5.75 Å². The minimum atomic E-state index is -0.740. The van der Waals surface area contributed by atoms with Gasteiger partial charge >= 0.3 is 0 Å². The smallest absolute Gasteiger partial charge is 0.168 e. The number of nitrogens with zero attached hydrogens (tertiary/aromatic N) is 1. The molecule has 0 fully saturated rings. The van der Waals surface area contributed by atoms with E-state index in [4.69, 9.17) is 14.7 Å². The van der Waals surface area contributed by atoms with Gasteiger partial charge in [0.05, 0.1) is 13.2 Å². The van der Waals surface area contributed by atoms with Crippen molar-refractivity contribution in [3.8, 4) is 11.8 Å². The fourth-order valence-corrected chi connectivity index (χ4v) is 1.11. The summed E-state index contributed by atoms with van der Waals surface area (Å²) in [7, 11) is 2.78. The molecule has 1 aromatic carbocycles. The van der Waals surface area contributed by atoms with Crippen LogP contribution in [-0.2, 0) is 4.74 Å². The SMILES string of the molecule is COc1ccc(C(C#N)OC)cc1F. The lowest BCUT2D eigenvalue weighted by Gasteiger charge is -2.08. The van der Waals surface area contributed by atoms with E-state index in [2.05, 4.69) is 0 Å². The van der Waals surface area contributed by atoms with E-state index in [9.17, 15) is 4.39 Å². The Morgan fingerprint density at radius 1 is 1.43 bits per heavy atom. The van der Waals surface area contributed by atoms with Crippen LogP contribution in [0.1, 0.15) is 11.7 Å². The molecule has 0 amide bonds. The van der Waals surface area contributed by atoms with Crippen LogP contribution in [0.3, 0.4) is 0 Å². The first-order chi connectivity index (χ1) is 6.72. The Balaban J connectivity index is 3.03. The Hall–Kier alpha value is -1.60. The van der Waals surface area contributed by atoms with E-state index in [0.717, 1.165) is 0 Å². The van der Waals surface area contributed by atoms with Crippen molar-refractivity contribution in [2.75, 3.05) is 14.2 Å². The molecule has 0 aliphatic heterocycles. The lowest BCUT2D eigenvalue weighted by atomic mass is 10.1. The Kier molecular flexibility index (Phi) is 3.43. The fraction of sp³-hybridized carbons (Fsp3) is 0.300. The van der Waals surface area contributed by atoms with E-state index >= 15 is 0 Å². The van der Waals surface area contributed by atoms with E-state index in [0.29, 0.717) is 5.56 Å². The average molecular weight is 195 g/mol. The molecule has 0 saturated heterocycles. The van der Waals surface area contributed by atoms with Crippen LogP contribution in [0.15, 0.2) is 18.2 Å². The van der Waals surface area contributed by atoms with Crippen molar-refractivity contribution in [2.45, 2.75) is 6.10 Å². The molecule has 1 unspecified atom stereocenters. The lowest BCUT2D eigenvalue weighted by molar-refractivity contribution is 0.148. The van der Waals surface area contributed by atoms with Gasteiger partial charge in [-0.3, -0.25) is 0 Å². The van der Waals surface area contributed by atoms with Crippen LogP contribution in [0.25, 0.3) is 0 Å². The number of benzene rings is 1. The van der Waals surface area contributed by atoms with Gasteiger partial charge in [-0.1, -0.05) is 6.07 Å². The van der Waals surface area contributed by atoms with Gasteiger partial charge in [0.25, 0.3) is 0 Å².